The molecule has 0 aromatic heterocycles. The van der Waals surface area contributed by atoms with Crippen LogP contribution in [-0.4, -0.2) is 10.7 Å². The zero-order valence-electron chi connectivity index (χ0n) is 10.9. The number of hydrogen-bond donors (Lipinski definition) is 1. The number of nitrogens with two attached hydrogens (primary N) is 1. The lowest BCUT2D eigenvalue weighted by Gasteiger charge is -2.14. The molecule has 20 heavy (non-hydrogen) atoms. The van der Waals surface area contributed by atoms with Gasteiger partial charge in [-0.1, -0.05) is 37.3 Å². The summed E-state index contributed by atoms with van der Waals surface area (Å²) < 4.78 is 6.85. The molecule has 0 amide bonds. The maximum Gasteiger partial charge on any atom is 0.141 e. The number of thioether (sulfide) groups is 1. The van der Waals surface area contributed by atoms with Crippen LogP contribution in [-0.2, 0) is 0 Å². The topological polar surface area (TPSA) is 35.2 Å². The number of rotatable bonds is 5. The Morgan fingerprint density at radius 2 is 1.90 bits per heavy atom. The quantitative estimate of drug-likeness (QED) is 0.596. The van der Waals surface area contributed by atoms with E-state index < -0.39 is 0 Å². The summed E-state index contributed by atoms with van der Waals surface area (Å²) in [5, 5.41) is 0. The van der Waals surface area contributed by atoms with E-state index in [1.54, 1.807) is 11.8 Å². The van der Waals surface area contributed by atoms with Crippen molar-refractivity contribution in [2.75, 3.05) is 5.75 Å². The van der Waals surface area contributed by atoms with Gasteiger partial charge in [0.05, 0.1) is 10.0 Å². The maximum absolute atomic E-state index is 5.96. The fourth-order valence-electron chi connectivity index (χ4n) is 1.76. The summed E-state index contributed by atoms with van der Waals surface area (Å²) >= 11 is 10.3. The number of hydrogen-bond acceptors (Lipinski definition) is 3. The van der Waals surface area contributed by atoms with Crippen molar-refractivity contribution in [3.63, 3.8) is 0 Å². The SMILES string of the molecule is CCSc1cccc(Oc2ccccc2Br)c1C(N)=S. The average Bonchev–Trinajstić information content (AvgIpc) is 2.41. The minimum absolute atomic E-state index is 0.351. The summed E-state index contributed by atoms with van der Waals surface area (Å²) in [5.74, 6) is 2.38. The molecule has 0 aliphatic heterocycles. The molecule has 2 nitrogen and oxygen atoms in total. The molecule has 2 aromatic rings. The van der Waals surface area contributed by atoms with Crippen molar-refractivity contribution in [1.29, 1.82) is 0 Å². The number of para-hydroxylation sites is 1. The van der Waals surface area contributed by atoms with Gasteiger partial charge in [-0.25, -0.2) is 0 Å². The summed E-state index contributed by atoms with van der Waals surface area (Å²) in [4.78, 5) is 1.40. The molecule has 0 fully saturated rings. The predicted octanol–water partition coefficient (Wildman–Crippen LogP) is 4.99. The Labute approximate surface area is 136 Å². The largest absolute Gasteiger partial charge is 0.455 e. The first-order valence-corrected chi connectivity index (χ1v) is 8.30. The van der Waals surface area contributed by atoms with Crippen LogP contribution in [0.5, 0.6) is 11.5 Å². The second kappa shape index (κ2) is 7.11. The van der Waals surface area contributed by atoms with Crippen molar-refractivity contribution in [2.45, 2.75) is 11.8 Å². The number of ether oxygens (including phenoxy) is 1. The fourth-order valence-corrected chi connectivity index (χ4v) is 3.24. The van der Waals surface area contributed by atoms with Gasteiger partial charge < -0.3 is 10.5 Å². The molecule has 0 unspecified atom stereocenters. The summed E-state index contributed by atoms with van der Waals surface area (Å²) in [6.07, 6.45) is 0. The van der Waals surface area contributed by atoms with Crippen LogP contribution in [0.2, 0.25) is 0 Å². The van der Waals surface area contributed by atoms with Crippen LogP contribution >= 0.6 is 39.9 Å². The first-order chi connectivity index (χ1) is 9.63. The molecule has 0 heterocycles. The van der Waals surface area contributed by atoms with Crippen LogP contribution in [0.4, 0.5) is 0 Å². The van der Waals surface area contributed by atoms with Gasteiger partial charge >= 0.3 is 0 Å². The second-order valence-corrected chi connectivity index (χ2v) is 6.56. The summed E-state index contributed by atoms with van der Waals surface area (Å²) in [5.41, 5.74) is 6.66. The van der Waals surface area contributed by atoms with Gasteiger partial charge in [-0.05, 0) is 45.9 Å². The molecule has 0 atom stereocenters. The highest BCUT2D eigenvalue weighted by Gasteiger charge is 2.14. The monoisotopic (exact) mass is 367 g/mol. The molecule has 0 bridgehead atoms. The zero-order chi connectivity index (χ0) is 14.5. The molecular formula is C15H14BrNOS2. The lowest BCUT2D eigenvalue weighted by molar-refractivity contribution is 0.477. The molecule has 0 saturated carbocycles. The maximum atomic E-state index is 5.96. The smallest absolute Gasteiger partial charge is 0.141 e. The Morgan fingerprint density at radius 3 is 2.55 bits per heavy atom. The van der Waals surface area contributed by atoms with Crippen molar-refractivity contribution < 1.29 is 4.74 Å². The van der Waals surface area contributed by atoms with E-state index in [0.29, 0.717) is 10.7 Å². The summed E-state index contributed by atoms with van der Waals surface area (Å²) in [7, 11) is 0. The van der Waals surface area contributed by atoms with Gasteiger partial charge in [0.15, 0.2) is 0 Å². The van der Waals surface area contributed by atoms with E-state index in [4.69, 9.17) is 22.7 Å². The first kappa shape index (κ1) is 15.4. The molecule has 104 valence electrons. The Morgan fingerprint density at radius 1 is 1.20 bits per heavy atom. The first-order valence-electron chi connectivity index (χ1n) is 6.11. The Bertz CT molecular complexity index is 631. The molecule has 2 N–H and O–H groups in total. The minimum atomic E-state index is 0.351. The van der Waals surface area contributed by atoms with Gasteiger partial charge in [0, 0.05) is 4.90 Å². The molecule has 2 rings (SSSR count). The van der Waals surface area contributed by atoms with Gasteiger partial charge in [-0.2, -0.15) is 0 Å². The lowest BCUT2D eigenvalue weighted by atomic mass is 10.2. The number of benzene rings is 2. The van der Waals surface area contributed by atoms with E-state index in [9.17, 15) is 0 Å². The Hall–Kier alpha value is -1.04. The predicted molar refractivity (Wildman–Crippen MR) is 92.9 cm³/mol. The Balaban J connectivity index is 2.44. The molecular weight excluding hydrogens is 354 g/mol. The normalized spacial score (nSPS) is 10.3. The van der Waals surface area contributed by atoms with E-state index in [1.165, 1.54) is 0 Å². The average molecular weight is 368 g/mol. The van der Waals surface area contributed by atoms with Crippen LogP contribution in [0.25, 0.3) is 0 Å². The molecule has 0 spiro atoms. The third-order valence-electron chi connectivity index (χ3n) is 2.59. The number of thiocarbonyl (C=S) groups is 1. The van der Waals surface area contributed by atoms with Crippen molar-refractivity contribution in [3.8, 4) is 11.5 Å². The van der Waals surface area contributed by atoms with Gasteiger partial charge in [0.25, 0.3) is 0 Å². The second-order valence-electron chi connectivity index (χ2n) is 3.96. The van der Waals surface area contributed by atoms with E-state index in [-0.39, 0.29) is 0 Å². The third-order valence-corrected chi connectivity index (χ3v) is 4.39. The Kier molecular flexibility index (Phi) is 5.46. The van der Waals surface area contributed by atoms with Crippen LogP contribution in [0.3, 0.4) is 0 Å². The summed E-state index contributed by atoms with van der Waals surface area (Å²) in [6, 6.07) is 13.5. The zero-order valence-corrected chi connectivity index (χ0v) is 14.1. The van der Waals surface area contributed by atoms with E-state index >= 15 is 0 Å². The van der Waals surface area contributed by atoms with Gasteiger partial charge in [-0.3, -0.25) is 0 Å². The molecule has 0 aliphatic carbocycles. The standard InChI is InChI=1S/C15H14BrNOS2/c1-2-20-13-9-5-8-12(14(13)15(17)19)18-11-7-4-3-6-10(11)16/h3-9H,2H2,1H3,(H2,17,19). The van der Waals surface area contributed by atoms with Crippen molar-refractivity contribution in [2.24, 2.45) is 5.73 Å². The highest BCUT2D eigenvalue weighted by Crippen LogP contribution is 2.35. The van der Waals surface area contributed by atoms with Gasteiger partial charge in [0.2, 0.25) is 0 Å². The van der Waals surface area contributed by atoms with Gasteiger partial charge in [0.1, 0.15) is 16.5 Å². The molecule has 5 heteroatoms. The minimum Gasteiger partial charge on any atom is -0.455 e. The van der Waals surface area contributed by atoms with Crippen molar-refractivity contribution >= 4 is 44.9 Å². The molecule has 0 radical (unpaired) electrons. The molecule has 0 saturated heterocycles. The van der Waals surface area contributed by atoms with Gasteiger partial charge in [-0.15, -0.1) is 11.8 Å². The molecule has 0 aliphatic rings. The fraction of sp³-hybridized carbons (Fsp3) is 0.133. The highest BCUT2D eigenvalue weighted by atomic mass is 79.9. The van der Waals surface area contributed by atoms with Crippen molar-refractivity contribution in [1.82, 2.24) is 0 Å². The van der Waals surface area contributed by atoms with Crippen LogP contribution in [0, 0.1) is 0 Å². The van der Waals surface area contributed by atoms with Crippen LogP contribution in [0.15, 0.2) is 51.8 Å². The highest BCUT2D eigenvalue weighted by molar-refractivity contribution is 9.10. The van der Waals surface area contributed by atoms with E-state index in [0.717, 1.165) is 26.4 Å². The van der Waals surface area contributed by atoms with E-state index in [1.807, 2.05) is 42.5 Å². The van der Waals surface area contributed by atoms with Crippen LogP contribution in [0.1, 0.15) is 12.5 Å². The number of halogens is 1. The lowest BCUT2D eigenvalue weighted by Crippen LogP contribution is -2.12. The molecule has 2 aromatic carbocycles. The van der Waals surface area contributed by atoms with E-state index in [2.05, 4.69) is 22.9 Å². The van der Waals surface area contributed by atoms with Crippen molar-refractivity contribution in [3.05, 3.63) is 52.5 Å². The van der Waals surface area contributed by atoms with Crippen LogP contribution < -0.4 is 10.5 Å². The summed E-state index contributed by atoms with van der Waals surface area (Å²) in [6.45, 7) is 2.09. The third kappa shape index (κ3) is 3.53.